The van der Waals surface area contributed by atoms with E-state index >= 15 is 0 Å². The second kappa shape index (κ2) is 8.48. The molecule has 0 aliphatic rings. The lowest BCUT2D eigenvalue weighted by molar-refractivity contribution is -0.120. The molecule has 3 rings (SSSR count). The van der Waals surface area contributed by atoms with Gasteiger partial charge in [0.1, 0.15) is 12.4 Å². The molecule has 132 valence electrons. The number of H-pyrrole nitrogens is 2. The number of amides is 1. The van der Waals surface area contributed by atoms with Crippen molar-refractivity contribution < 1.29 is 9.53 Å². The van der Waals surface area contributed by atoms with Crippen molar-refractivity contribution in [3.63, 3.8) is 0 Å². The van der Waals surface area contributed by atoms with Gasteiger partial charge in [0.05, 0.1) is 12.6 Å². The highest BCUT2D eigenvalue weighted by molar-refractivity contribution is 5.83. The summed E-state index contributed by atoms with van der Waals surface area (Å²) in [5.41, 5.74) is 4.53. The number of carbonyl (C=O) groups excluding carboxylic acids is 1. The lowest BCUT2D eigenvalue weighted by atomic mass is 10.2. The first-order valence-electron chi connectivity index (χ1n) is 8.04. The maximum Gasteiger partial charge on any atom is 0.264 e. The van der Waals surface area contributed by atoms with Crippen LogP contribution in [-0.4, -0.2) is 22.3 Å². The molecule has 1 heterocycles. The van der Waals surface area contributed by atoms with Gasteiger partial charge < -0.3 is 9.84 Å². The van der Waals surface area contributed by atoms with E-state index in [4.69, 9.17) is 4.74 Å². The van der Waals surface area contributed by atoms with Crippen molar-refractivity contribution >= 4 is 12.1 Å². The van der Waals surface area contributed by atoms with Crippen LogP contribution in [0.2, 0.25) is 0 Å². The Balaban J connectivity index is 1.52. The zero-order chi connectivity index (χ0) is 18.2. The quantitative estimate of drug-likeness (QED) is 0.449. The van der Waals surface area contributed by atoms with Crippen LogP contribution in [-0.2, 0) is 17.8 Å². The number of nitrogens with zero attached hydrogens (tertiary/aromatic N) is 1. The van der Waals surface area contributed by atoms with Gasteiger partial charge in [-0.1, -0.05) is 42.5 Å². The highest BCUT2D eigenvalue weighted by Gasteiger charge is 2.04. The molecule has 0 fully saturated rings. The standard InChI is InChI=1S/C19H18N4O3/c24-18(10-16-11-19(25)23-21-16)22-20-12-15-7-4-8-17(9-15)26-13-14-5-2-1-3-6-14/h1-9,11-12H,10,13H2,(H,22,24)(H2,21,23,25)/b20-12+. The maximum absolute atomic E-state index is 11.8. The van der Waals surface area contributed by atoms with E-state index < -0.39 is 0 Å². The summed E-state index contributed by atoms with van der Waals surface area (Å²) < 4.78 is 5.76. The van der Waals surface area contributed by atoms with E-state index in [0.717, 1.165) is 11.1 Å². The van der Waals surface area contributed by atoms with Crippen molar-refractivity contribution in [2.45, 2.75) is 13.0 Å². The number of hydrazone groups is 1. The van der Waals surface area contributed by atoms with E-state index in [1.807, 2.05) is 54.6 Å². The Morgan fingerprint density at radius 3 is 2.69 bits per heavy atom. The highest BCUT2D eigenvalue weighted by Crippen LogP contribution is 2.14. The van der Waals surface area contributed by atoms with Gasteiger partial charge in [-0.3, -0.25) is 14.7 Å². The molecular formula is C19H18N4O3. The molecule has 1 amide bonds. The van der Waals surface area contributed by atoms with Crippen LogP contribution in [0.25, 0.3) is 0 Å². The first kappa shape index (κ1) is 17.2. The molecule has 7 heteroatoms. The molecule has 0 aliphatic heterocycles. The number of aromatic amines is 2. The van der Waals surface area contributed by atoms with E-state index in [-0.39, 0.29) is 17.9 Å². The van der Waals surface area contributed by atoms with Crippen molar-refractivity contribution in [1.82, 2.24) is 15.6 Å². The monoisotopic (exact) mass is 350 g/mol. The summed E-state index contributed by atoms with van der Waals surface area (Å²) in [4.78, 5) is 22.7. The van der Waals surface area contributed by atoms with Crippen LogP contribution in [0.15, 0.2) is 70.6 Å². The molecule has 3 aromatic rings. The molecule has 1 aromatic heterocycles. The second-order valence-electron chi connectivity index (χ2n) is 5.60. The third kappa shape index (κ3) is 5.20. The van der Waals surface area contributed by atoms with Crippen molar-refractivity contribution in [2.24, 2.45) is 5.10 Å². The largest absolute Gasteiger partial charge is 0.489 e. The van der Waals surface area contributed by atoms with Crippen molar-refractivity contribution in [2.75, 3.05) is 0 Å². The van der Waals surface area contributed by atoms with E-state index in [1.165, 1.54) is 12.3 Å². The zero-order valence-electron chi connectivity index (χ0n) is 13.9. The minimum atomic E-state index is -0.326. The number of rotatable bonds is 7. The molecule has 0 aliphatic carbocycles. The second-order valence-corrected chi connectivity index (χ2v) is 5.60. The molecule has 0 unspecified atom stereocenters. The van der Waals surface area contributed by atoms with E-state index in [9.17, 15) is 9.59 Å². The minimum Gasteiger partial charge on any atom is -0.489 e. The Morgan fingerprint density at radius 1 is 1.08 bits per heavy atom. The normalized spacial score (nSPS) is 10.8. The molecule has 0 bridgehead atoms. The lowest BCUT2D eigenvalue weighted by Gasteiger charge is -2.06. The maximum atomic E-state index is 11.8. The smallest absolute Gasteiger partial charge is 0.264 e. The van der Waals surface area contributed by atoms with Crippen LogP contribution in [0.1, 0.15) is 16.8 Å². The summed E-state index contributed by atoms with van der Waals surface area (Å²) >= 11 is 0. The summed E-state index contributed by atoms with van der Waals surface area (Å²) in [5.74, 6) is 0.391. The first-order valence-corrected chi connectivity index (χ1v) is 8.04. The van der Waals surface area contributed by atoms with Gasteiger partial charge in [0.15, 0.2) is 0 Å². The number of aromatic nitrogens is 2. The fourth-order valence-electron chi connectivity index (χ4n) is 2.28. The van der Waals surface area contributed by atoms with E-state index in [0.29, 0.717) is 18.1 Å². The van der Waals surface area contributed by atoms with Crippen LogP contribution in [0.5, 0.6) is 5.75 Å². The van der Waals surface area contributed by atoms with Crippen LogP contribution in [0.4, 0.5) is 0 Å². The summed E-state index contributed by atoms with van der Waals surface area (Å²) in [6.45, 7) is 0.479. The number of benzene rings is 2. The molecule has 2 aromatic carbocycles. The Kier molecular flexibility index (Phi) is 5.61. The first-order chi connectivity index (χ1) is 12.7. The van der Waals surface area contributed by atoms with Crippen LogP contribution in [0, 0.1) is 0 Å². The molecule has 0 atom stereocenters. The van der Waals surface area contributed by atoms with E-state index in [1.54, 1.807) is 0 Å². The molecule has 0 radical (unpaired) electrons. The molecule has 0 spiro atoms. The van der Waals surface area contributed by atoms with Crippen LogP contribution < -0.4 is 15.7 Å². The SMILES string of the molecule is O=C(Cc1cc(=O)[nH][nH]1)N/N=C/c1cccc(OCc2ccccc2)c1. The number of nitrogens with one attached hydrogen (secondary N) is 3. The van der Waals surface area contributed by atoms with Gasteiger partial charge >= 0.3 is 0 Å². The molecule has 0 saturated carbocycles. The Labute approximate surface area is 149 Å². The lowest BCUT2D eigenvalue weighted by Crippen LogP contribution is -2.20. The summed E-state index contributed by atoms with van der Waals surface area (Å²) in [7, 11) is 0. The fraction of sp³-hybridized carbons (Fsp3) is 0.105. The van der Waals surface area contributed by atoms with Crippen molar-refractivity contribution in [3.05, 3.63) is 87.8 Å². The summed E-state index contributed by atoms with van der Waals surface area (Å²) in [6.07, 6.45) is 1.57. The molecule has 3 N–H and O–H groups in total. The van der Waals surface area contributed by atoms with Gasteiger partial charge in [-0.15, -0.1) is 0 Å². The molecular weight excluding hydrogens is 332 g/mol. The Hall–Kier alpha value is -3.61. The van der Waals surface area contributed by atoms with Crippen molar-refractivity contribution in [3.8, 4) is 5.75 Å². The van der Waals surface area contributed by atoms with Crippen LogP contribution in [0.3, 0.4) is 0 Å². The average molecular weight is 350 g/mol. The fourth-order valence-corrected chi connectivity index (χ4v) is 2.28. The van der Waals surface area contributed by atoms with Crippen molar-refractivity contribution in [1.29, 1.82) is 0 Å². The topological polar surface area (TPSA) is 99.3 Å². The predicted molar refractivity (Wildman–Crippen MR) is 98.1 cm³/mol. The highest BCUT2D eigenvalue weighted by atomic mass is 16.5. The van der Waals surface area contributed by atoms with Gasteiger partial charge in [0.2, 0.25) is 5.91 Å². The number of hydrogen-bond acceptors (Lipinski definition) is 4. The van der Waals surface area contributed by atoms with Crippen LogP contribution >= 0.6 is 0 Å². The molecule has 26 heavy (non-hydrogen) atoms. The molecule has 0 saturated heterocycles. The third-order valence-electron chi connectivity index (χ3n) is 3.51. The van der Waals surface area contributed by atoms with Gasteiger partial charge in [0, 0.05) is 11.8 Å². The Morgan fingerprint density at radius 2 is 1.92 bits per heavy atom. The third-order valence-corrected chi connectivity index (χ3v) is 3.51. The number of ether oxygens (including phenoxy) is 1. The van der Waals surface area contributed by atoms with Gasteiger partial charge in [-0.25, -0.2) is 5.43 Å². The number of hydrogen-bond donors (Lipinski definition) is 3. The zero-order valence-corrected chi connectivity index (χ0v) is 13.9. The summed E-state index contributed by atoms with van der Waals surface area (Å²) in [6, 6.07) is 18.6. The van der Waals surface area contributed by atoms with Gasteiger partial charge in [-0.2, -0.15) is 5.10 Å². The summed E-state index contributed by atoms with van der Waals surface area (Å²) in [5, 5.41) is 8.91. The van der Waals surface area contributed by atoms with Gasteiger partial charge in [-0.05, 0) is 23.3 Å². The average Bonchev–Trinajstić information content (AvgIpc) is 3.06. The molecule has 7 nitrogen and oxygen atoms in total. The van der Waals surface area contributed by atoms with Gasteiger partial charge in [0.25, 0.3) is 5.56 Å². The van der Waals surface area contributed by atoms with E-state index in [2.05, 4.69) is 20.7 Å². The minimum absolute atomic E-state index is 0.0380. The Bertz CT molecular complexity index is 944. The number of carbonyl (C=O) groups is 1. The predicted octanol–water partition coefficient (Wildman–Crippen LogP) is 1.97.